The van der Waals surface area contributed by atoms with Crippen molar-refractivity contribution in [1.82, 2.24) is 35.0 Å². The van der Waals surface area contributed by atoms with Gasteiger partial charge in [-0.2, -0.15) is 4.68 Å². The number of carbonyl (C=O) groups excluding carboxylic acids is 1. The van der Waals surface area contributed by atoms with Gasteiger partial charge in [-0.3, -0.25) is 4.79 Å². The van der Waals surface area contributed by atoms with E-state index in [9.17, 15) is 9.18 Å². The van der Waals surface area contributed by atoms with E-state index in [1.807, 2.05) is 36.0 Å². The van der Waals surface area contributed by atoms with Crippen molar-refractivity contribution in [3.63, 3.8) is 0 Å². The second-order valence-corrected chi connectivity index (χ2v) is 9.16. The number of halogens is 3. The molecule has 1 N–H and O–H groups in total. The SMILES string of the molecule is CN(C)CC(=O)N1CCCN(c2ncccc2CNc2nnnn2-c2ccc(F)c(Cl)c2Cl)CC1. The highest BCUT2D eigenvalue weighted by molar-refractivity contribution is 6.43. The lowest BCUT2D eigenvalue weighted by molar-refractivity contribution is -0.131. The predicted molar refractivity (Wildman–Crippen MR) is 133 cm³/mol. The number of benzene rings is 1. The van der Waals surface area contributed by atoms with E-state index < -0.39 is 5.82 Å². The summed E-state index contributed by atoms with van der Waals surface area (Å²) in [6.07, 6.45) is 2.60. The van der Waals surface area contributed by atoms with Crippen molar-refractivity contribution in [2.75, 3.05) is 57.0 Å². The van der Waals surface area contributed by atoms with Gasteiger partial charge in [0.2, 0.25) is 11.9 Å². The van der Waals surface area contributed by atoms with Gasteiger partial charge < -0.3 is 20.0 Å². The van der Waals surface area contributed by atoms with E-state index >= 15 is 0 Å². The van der Waals surface area contributed by atoms with Crippen LogP contribution in [0.15, 0.2) is 30.5 Å². The van der Waals surface area contributed by atoms with Crippen molar-refractivity contribution in [3.05, 3.63) is 51.9 Å². The first-order valence-electron chi connectivity index (χ1n) is 11.1. The Morgan fingerprint density at radius 3 is 2.77 bits per heavy atom. The van der Waals surface area contributed by atoms with Gasteiger partial charge in [0.1, 0.15) is 11.6 Å². The number of carbonyl (C=O) groups is 1. The maximum Gasteiger partial charge on any atom is 0.248 e. The highest BCUT2D eigenvalue weighted by Gasteiger charge is 2.22. The van der Waals surface area contributed by atoms with Crippen LogP contribution in [0.2, 0.25) is 10.0 Å². The summed E-state index contributed by atoms with van der Waals surface area (Å²) in [4.78, 5) is 23.1. The van der Waals surface area contributed by atoms with E-state index in [1.54, 1.807) is 6.20 Å². The Balaban J connectivity index is 1.48. The molecule has 0 aliphatic carbocycles. The van der Waals surface area contributed by atoms with E-state index in [1.165, 1.54) is 16.8 Å². The zero-order valence-electron chi connectivity index (χ0n) is 19.5. The van der Waals surface area contributed by atoms with Gasteiger partial charge >= 0.3 is 0 Å². The van der Waals surface area contributed by atoms with Gasteiger partial charge in [-0.15, -0.1) is 0 Å². The average Bonchev–Trinajstić information content (AvgIpc) is 3.15. The van der Waals surface area contributed by atoms with Gasteiger partial charge in [0.25, 0.3) is 0 Å². The molecule has 0 saturated carbocycles. The molecule has 0 unspecified atom stereocenters. The monoisotopic (exact) mass is 521 g/mol. The van der Waals surface area contributed by atoms with Crippen molar-refractivity contribution in [1.29, 1.82) is 0 Å². The molecule has 0 spiro atoms. The lowest BCUT2D eigenvalue weighted by atomic mass is 10.2. The van der Waals surface area contributed by atoms with Crippen LogP contribution in [0.3, 0.4) is 0 Å². The number of amides is 1. The molecule has 1 fully saturated rings. The third-order valence-electron chi connectivity index (χ3n) is 5.62. The van der Waals surface area contributed by atoms with Gasteiger partial charge in [-0.25, -0.2) is 9.37 Å². The molecule has 0 radical (unpaired) electrons. The Morgan fingerprint density at radius 2 is 1.97 bits per heavy atom. The number of hydrogen-bond donors (Lipinski definition) is 1. The fourth-order valence-corrected chi connectivity index (χ4v) is 4.31. The zero-order valence-corrected chi connectivity index (χ0v) is 21.0. The smallest absolute Gasteiger partial charge is 0.248 e. The minimum atomic E-state index is -0.623. The van der Waals surface area contributed by atoms with E-state index in [-0.39, 0.29) is 16.0 Å². The van der Waals surface area contributed by atoms with Crippen LogP contribution in [-0.2, 0) is 11.3 Å². The van der Waals surface area contributed by atoms with E-state index in [4.69, 9.17) is 23.2 Å². The molecule has 1 aromatic carbocycles. The molecule has 4 rings (SSSR count). The third-order valence-corrected chi connectivity index (χ3v) is 6.47. The average molecular weight is 522 g/mol. The number of likely N-dealkylation sites (N-methyl/N-ethyl adjacent to an activating group) is 1. The number of hydrogen-bond acceptors (Lipinski definition) is 8. The summed E-state index contributed by atoms with van der Waals surface area (Å²) in [5.74, 6) is 0.665. The lowest BCUT2D eigenvalue weighted by Gasteiger charge is -2.25. The minimum absolute atomic E-state index is 0.0158. The van der Waals surface area contributed by atoms with Crippen molar-refractivity contribution in [2.24, 2.45) is 0 Å². The van der Waals surface area contributed by atoms with Gasteiger partial charge in [-0.05, 0) is 49.1 Å². The maximum absolute atomic E-state index is 13.7. The van der Waals surface area contributed by atoms with Crippen LogP contribution in [0.5, 0.6) is 0 Å². The Morgan fingerprint density at radius 1 is 1.14 bits per heavy atom. The van der Waals surface area contributed by atoms with Gasteiger partial charge in [0.05, 0.1) is 22.3 Å². The number of pyridine rings is 1. The molecule has 1 aliphatic heterocycles. The number of anilines is 2. The van der Waals surface area contributed by atoms with Crippen LogP contribution in [0.1, 0.15) is 12.0 Å². The molecule has 3 aromatic rings. The highest BCUT2D eigenvalue weighted by Crippen LogP contribution is 2.31. The summed E-state index contributed by atoms with van der Waals surface area (Å²) in [5.41, 5.74) is 1.30. The third kappa shape index (κ3) is 5.80. The molecule has 0 bridgehead atoms. The molecular formula is C22H26Cl2FN9O. The van der Waals surface area contributed by atoms with Gasteiger partial charge in [-0.1, -0.05) is 34.4 Å². The van der Waals surface area contributed by atoms with Crippen LogP contribution >= 0.6 is 23.2 Å². The fraction of sp³-hybridized carbons (Fsp3) is 0.409. The molecule has 0 atom stereocenters. The summed E-state index contributed by atoms with van der Waals surface area (Å²) in [6, 6.07) is 6.51. The van der Waals surface area contributed by atoms with Crippen LogP contribution < -0.4 is 10.2 Å². The van der Waals surface area contributed by atoms with Crippen LogP contribution in [0.25, 0.3) is 5.69 Å². The van der Waals surface area contributed by atoms with E-state index in [2.05, 4.69) is 30.7 Å². The highest BCUT2D eigenvalue weighted by atomic mass is 35.5. The fourth-order valence-electron chi connectivity index (χ4n) is 3.92. The van der Waals surface area contributed by atoms with Crippen LogP contribution in [0.4, 0.5) is 16.2 Å². The normalized spacial score (nSPS) is 14.3. The van der Waals surface area contributed by atoms with Crippen molar-refractivity contribution in [2.45, 2.75) is 13.0 Å². The summed E-state index contributed by atoms with van der Waals surface area (Å²) in [6.45, 7) is 3.62. The molecule has 1 aliphatic rings. The van der Waals surface area contributed by atoms with Gasteiger partial charge in [0.15, 0.2) is 0 Å². The number of rotatable bonds is 7. The molecular weight excluding hydrogens is 496 g/mol. The second-order valence-electron chi connectivity index (χ2n) is 8.41. The number of nitrogens with zero attached hydrogens (tertiary/aromatic N) is 8. The van der Waals surface area contributed by atoms with Gasteiger partial charge in [0, 0.05) is 44.5 Å². The quantitative estimate of drug-likeness (QED) is 0.474. The maximum atomic E-state index is 13.7. The Labute approximate surface area is 212 Å². The van der Waals surface area contributed by atoms with Crippen molar-refractivity contribution in [3.8, 4) is 5.69 Å². The molecule has 13 heteroatoms. The minimum Gasteiger partial charge on any atom is -0.354 e. The molecule has 3 heterocycles. The predicted octanol–water partition coefficient (Wildman–Crippen LogP) is 2.72. The molecule has 186 valence electrons. The van der Waals surface area contributed by atoms with Crippen LogP contribution in [-0.4, -0.2) is 87.7 Å². The standard InChI is InChI=1S/C22H26Cl2FN9O/c1-31(2)14-18(35)32-9-4-10-33(12-11-32)21-15(5-3-8-26-21)13-27-22-28-29-30-34(22)17-7-6-16(25)19(23)20(17)24/h3,5-8H,4,9-14H2,1-2H3,(H,27,28,30). The second kappa shape index (κ2) is 11.1. The zero-order chi connectivity index (χ0) is 24.9. The first kappa shape index (κ1) is 25.1. The molecule has 2 aromatic heterocycles. The lowest BCUT2D eigenvalue weighted by Crippen LogP contribution is -2.40. The number of tetrazole rings is 1. The van der Waals surface area contributed by atoms with Crippen molar-refractivity contribution >= 4 is 40.9 Å². The molecule has 1 saturated heterocycles. The Hall–Kier alpha value is -3.02. The summed E-state index contributed by atoms with van der Waals surface area (Å²) in [5, 5.41) is 14.7. The molecule has 10 nitrogen and oxygen atoms in total. The Kier molecular flexibility index (Phi) is 7.99. The van der Waals surface area contributed by atoms with Crippen molar-refractivity contribution < 1.29 is 9.18 Å². The summed E-state index contributed by atoms with van der Waals surface area (Å²) >= 11 is 12.2. The molecule has 1 amide bonds. The largest absolute Gasteiger partial charge is 0.354 e. The topological polar surface area (TPSA) is 95.3 Å². The summed E-state index contributed by atoms with van der Waals surface area (Å²) < 4.78 is 15.1. The number of aromatic nitrogens is 5. The summed E-state index contributed by atoms with van der Waals surface area (Å²) in [7, 11) is 3.79. The number of nitrogens with one attached hydrogen (secondary N) is 1. The first-order chi connectivity index (χ1) is 16.8. The first-order valence-corrected chi connectivity index (χ1v) is 11.9. The Bertz CT molecular complexity index is 1190. The van der Waals surface area contributed by atoms with E-state index in [0.29, 0.717) is 37.8 Å². The molecule has 35 heavy (non-hydrogen) atoms. The van der Waals surface area contributed by atoms with E-state index in [0.717, 1.165) is 30.9 Å². The van der Waals surface area contributed by atoms with Crippen LogP contribution in [0, 0.1) is 5.82 Å².